The molecule has 0 radical (unpaired) electrons. The van der Waals surface area contributed by atoms with E-state index in [0.717, 1.165) is 0 Å². The molecule has 6 nitrogen and oxygen atoms in total. The molecule has 1 amide bonds. The molecule has 0 aliphatic carbocycles. The van der Waals surface area contributed by atoms with E-state index in [0.29, 0.717) is 32.7 Å². The van der Waals surface area contributed by atoms with E-state index < -0.39 is 9.84 Å². The molecule has 3 rings (SSSR count). The third-order valence-electron chi connectivity index (χ3n) is 4.12. The van der Waals surface area contributed by atoms with E-state index in [1.54, 1.807) is 38.5 Å². The molecule has 2 saturated heterocycles. The number of nitrogens with zero attached hydrogens (tertiary/aromatic N) is 1. The molecule has 0 bridgehead atoms. The number of amides is 1. The first-order valence-corrected chi connectivity index (χ1v) is 10.6. The Morgan fingerprint density at radius 2 is 2.08 bits per heavy atom. The van der Waals surface area contributed by atoms with Crippen molar-refractivity contribution in [3.8, 4) is 11.5 Å². The molecule has 0 spiro atoms. The molecule has 2 fully saturated rings. The number of carbonyl (C=O) groups excluding carboxylic acids is 1. The van der Waals surface area contributed by atoms with Crippen molar-refractivity contribution in [2.45, 2.75) is 12.5 Å². The number of carbonyl (C=O) groups is 1. The van der Waals surface area contributed by atoms with Crippen LogP contribution in [0, 0.1) is 0 Å². The second-order valence-electron chi connectivity index (χ2n) is 5.72. The minimum atomic E-state index is -3.09. The first kappa shape index (κ1) is 18.2. The summed E-state index contributed by atoms with van der Waals surface area (Å²) in [7, 11) is 0.0159. The highest BCUT2D eigenvalue weighted by Gasteiger charge is 2.42. The van der Waals surface area contributed by atoms with Crippen molar-refractivity contribution in [1.29, 1.82) is 0 Å². The van der Waals surface area contributed by atoms with Crippen LogP contribution in [0.3, 0.4) is 0 Å². The lowest BCUT2D eigenvalue weighted by Crippen LogP contribution is -2.39. The summed E-state index contributed by atoms with van der Waals surface area (Å²) >= 11 is 6.48. The summed E-state index contributed by atoms with van der Waals surface area (Å²) in [5.74, 6) is 1.05. The van der Waals surface area contributed by atoms with Gasteiger partial charge in [-0.15, -0.1) is 0 Å². The van der Waals surface area contributed by atoms with Gasteiger partial charge in [0, 0.05) is 5.56 Å². The van der Waals surface area contributed by atoms with E-state index >= 15 is 0 Å². The van der Waals surface area contributed by atoms with E-state index in [4.69, 9.17) is 21.7 Å². The second kappa shape index (κ2) is 6.97. The van der Waals surface area contributed by atoms with E-state index in [9.17, 15) is 13.2 Å². The summed E-state index contributed by atoms with van der Waals surface area (Å²) in [5.41, 5.74) is 0.696. The van der Waals surface area contributed by atoms with Gasteiger partial charge in [-0.2, -0.15) is 0 Å². The van der Waals surface area contributed by atoms with Crippen molar-refractivity contribution in [3.63, 3.8) is 0 Å². The molecule has 0 saturated carbocycles. The van der Waals surface area contributed by atoms with Crippen LogP contribution in [0.2, 0.25) is 0 Å². The average molecular weight is 400 g/mol. The standard InChI is InChI=1S/C16H17NO5S3/c1-21-12-3-4-13(22-2)10(7-12)8-14-15(18)17(16(23)24-14)11-5-6-25(19,20)9-11/h3-4,7-8,11H,5-6,9H2,1-2H3/b14-8+. The average Bonchev–Trinajstić information content (AvgIpc) is 3.06. The van der Waals surface area contributed by atoms with E-state index in [-0.39, 0.29) is 23.5 Å². The number of methoxy groups -OCH3 is 2. The molecule has 2 heterocycles. The molecule has 1 aromatic rings. The van der Waals surface area contributed by atoms with Gasteiger partial charge < -0.3 is 9.47 Å². The molecule has 134 valence electrons. The fourth-order valence-corrected chi connectivity index (χ4v) is 5.96. The Morgan fingerprint density at radius 3 is 2.68 bits per heavy atom. The molecule has 1 unspecified atom stereocenters. The quantitative estimate of drug-likeness (QED) is 0.567. The van der Waals surface area contributed by atoms with Gasteiger partial charge in [-0.3, -0.25) is 9.69 Å². The van der Waals surface area contributed by atoms with Crippen LogP contribution in [0.4, 0.5) is 0 Å². The van der Waals surface area contributed by atoms with Gasteiger partial charge in [0.15, 0.2) is 9.84 Å². The molecule has 0 aromatic heterocycles. The predicted molar refractivity (Wildman–Crippen MR) is 102 cm³/mol. The molecule has 0 N–H and O–H groups in total. The first-order valence-electron chi connectivity index (χ1n) is 7.54. The van der Waals surface area contributed by atoms with Crippen LogP contribution in [0.5, 0.6) is 11.5 Å². The fourth-order valence-electron chi connectivity index (χ4n) is 2.87. The Hall–Kier alpha value is -1.58. The Labute approximate surface area is 156 Å². The van der Waals surface area contributed by atoms with E-state index in [1.165, 1.54) is 16.7 Å². The molecule has 1 atom stereocenters. The molecule has 2 aliphatic rings. The zero-order valence-electron chi connectivity index (χ0n) is 13.7. The summed E-state index contributed by atoms with van der Waals surface area (Å²) < 4.78 is 34.3. The maximum Gasteiger partial charge on any atom is 0.266 e. The van der Waals surface area contributed by atoms with Crippen LogP contribution < -0.4 is 9.47 Å². The Kier molecular flexibility index (Phi) is 5.08. The number of thioether (sulfide) groups is 1. The Morgan fingerprint density at radius 1 is 1.32 bits per heavy atom. The summed E-state index contributed by atoms with van der Waals surface area (Å²) in [6, 6.07) is 4.92. The smallest absolute Gasteiger partial charge is 0.266 e. The monoisotopic (exact) mass is 399 g/mol. The van der Waals surface area contributed by atoms with Gasteiger partial charge in [0.05, 0.1) is 36.7 Å². The highest BCUT2D eigenvalue weighted by Crippen LogP contribution is 2.37. The third kappa shape index (κ3) is 3.68. The number of sulfone groups is 1. The summed E-state index contributed by atoms with van der Waals surface area (Å²) in [6.07, 6.45) is 2.12. The van der Waals surface area contributed by atoms with Crippen LogP contribution in [0.25, 0.3) is 6.08 Å². The Balaban J connectivity index is 1.91. The lowest BCUT2D eigenvalue weighted by Gasteiger charge is -2.20. The van der Waals surface area contributed by atoms with Crippen LogP contribution in [0.1, 0.15) is 12.0 Å². The topological polar surface area (TPSA) is 72.9 Å². The van der Waals surface area contributed by atoms with E-state index in [1.807, 2.05) is 0 Å². The van der Waals surface area contributed by atoms with Crippen molar-refractivity contribution < 1.29 is 22.7 Å². The molecule has 9 heteroatoms. The summed E-state index contributed by atoms with van der Waals surface area (Å²) in [6.45, 7) is 0. The number of hydrogen-bond acceptors (Lipinski definition) is 7. The predicted octanol–water partition coefficient (Wildman–Crippen LogP) is 2.09. The molecular formula is C16H17NO5S3. The second-order valence-corrected chi connectivity index (χ2v) is 9.62. The maximum absolute atomic E-state index is 12.8. The van der Waals surface area contributed by atoms with Crippen molar-refractivity contribution in [2.75, 3.05) is 25.7 Å². The van der Waals surface area contributed by atoms with E-state index in [2.05, 4.69) is 0 Å². The largest absolute Gasteiger partial charge is 0.497 e. The Bertz CT molecular complexity index is 863. The van der Waals surface area contributed by atoms with Crippen molar-refractivity contribution in [3.05, 3.63) is 28.7 Å². The molecule has 25 heavy (non-hydrogen) atoms. The zero-order valence-corrected chi connectivity index (χ0v) is 16.2. The van der Waals surface area contributed by atoms with Gasteiger partial charge in [0.1, 0.15) is 15.8 Å². The zero-order chi connectivity index (χ0) is 18.2. The first-order chi connectivity index (χ1) is 11.8. The van der Waals surface area contributed by atoms with Gasteiger partial charge in [-0.05, 0) is 30.7 Å². The van der Waals surface area contributed by atoms with Crippen molar-refractivity contribution in [1.82, 2.24) is 4.90 Å². The third-order valence-corrected chi connectivity index (χ3v) is 7.20. The normalized spacial score (nSPS) is 24.2. The van der Waals surface area contributed by atoms with Gasteiger partial charge in [0.25, 0.3) is 5.91 Å². The summed E-state index contributed by atoms with van der Waals surface area (Å²) in [5, 5.41) is 0. The number of hydrogen-bond donors (Lipinski definition) is 0. The van der Waals surface area contributed by atoms with Gasteiger partial charge >= 0.3 is 0 Å². The minimum absolute atomic E-state index is 0.0325. The van der Waals surface area contributed by atoms with Crippen LogP contribution in [0.15, 0.2) is 23.1 Å². The van der Waals surface area contributed by atoms with Gasteiger partial charge in [-0.25, -0.2) is 8.42 Å². The molecule has 2 aliphatic heterocycles. The fraction of sp³-hybridized carbons (Fsp3) is 0.375. The van der Waals surface area contributed by atoms with Gasteiger partial charge in [0.2, 0.25) is 0 Å². The maximum atomic E-state index is 12.8. The lowest BCUT2D eigenvalue weighted by molar-refractivity contribution is -0.123. The highest BCUT2D eigenvalue weighted by atomic mass is 32.2. The van der Waals surface area contributed by atoms with Crippen molar-refractivity contribution >= 4 is 50.1 Å². The van der Waals surface area contributed by atoms with Crippen LogP contribution in [-0.2, 0) is 14.6 Å². The summed E-state index contributed by atoms with van der Waals surface area (Å²) in [4.78, 5) is 14.6. The van der Waals surface area contributed by atoms with Crippen LogP contribution >= 0.6 is 24.0 Å². The lowest BCUT2D eigenvalue weighted by atomic mass is 10.1. The highest BCUT2D eigenvalue weighted by molar-refractivity contribution is 8.26. The van der Waals surface area contributed by atoms with Crippen LogP contribution in [-0.4, -0.2) is 55.3 Å². The minimum Gasteiger partial charge on any atom is -0.497 e. The number of benzene rings is 1. The molecule has 1 aromatic carbocycles. The SMILES string of the molecule is COc1ccc(OC)c(/C=C2/SC(=S)N(C3CCS(=O)(=O)C3)C2=O)c1. The van der Waals surface area contributed by atoms with Gasteiger partial charge in [-0.1, -0.05) is 24.0 Å². The van der Waals surface area contributed by atoms with Crippen molar-refractivity contribution in [2.24, 2.45) is 0 Å². The molecular weight excluding hydrogens is 382 g/mol. The number of ether oxygens (including phenoxy) is 2. The number of thiocarbonyl (C=S) groups is 1. The number of rotatable bonds is 4.